The minimum atomic E-state index is -0.312. The van der Waals surface area contributed by atoms with Crippen molar-refractivity contribution in [2.45, 2.75) is 58.5 Å². The Bertz CT molecular complexity index is 124. The maximum absolute atomic E-state index is 5.68. The number of rotatable bonds is 2. The summed E-state index contributed by atoms with van der Waals surface area (Å²) < 4.78 is 11.4. The van der Waals surface area contributed by atoms with Gasteiger partial charge in [0.1, 0.15) is 0 Å². The third-order valence-electron chi connectivity index (χ3n) is 2.24. The van der Waals surface area contributed by atoms with Crippen LogP contribution < -0.4 is 0 Å². The van der Waals surface area contributed by atoms with Gasteiger partial charge in [0.2, 0.25) is 0 Å². The standard InChI is InChI=1S/C9H18O2/c1-5-6-9(4)10-7(2)8(3)11-9/h7-8H,5-6H2,1-4H3/t7-,8-/m1/s1. The van der Waals surface area contributed by atoms with Crippen molar-refractivity contribution in [3.8, 4) is 0 Å². The fourth-order valence-electron chi connectivity index (χ4n) is 1.58. The largest absolute Gasteiger partial charge is 0.345 e. The van der Waals surface area contributed by atoms with Crippen molar-refractivity contribution in [3.63, 3.8) is 0 Å². The Morgan fingerprint density at radius 2 is 1.64 bits per heavy atom. The maximum atomic E-state index is 5.68. The van der Waals surface area contributed by atoms with Crippen LogP contribution in [0.2, 0.25) is 0 Å². The molecule has 0 aromatic heterocycles. The SMILES string of the molecule is CCCC1(C)O[C@H](C)[C@@H](C)O1. The maximum Gasteiger partial charge on any atom is 0.166 e. The Kier molecular flexibility index (Phi) is 2.55. The Hall–Kier alpha value is -0.0800. The monoisotopic (exact) mass is 158 g/mol. The van der Waals surface area contributed by atoms with Gasteiger partial charge in [-0.3, -0.25) is 0 Å². The molecule has 11 heavy (non-hydrogen) atoms. The van der Waals surface area contributed by atoms with E-state index in [1.807, 2.05) is 6.92 Å². The molecule has 1 fully saturated rings. The van der Waals surface area contributed by atoms with E-state index in [-0.39, 0.29) is 18.0 Å². The predicted octanol–water partition coefficient (Wildman–Crippen LogP) is 2.33. The number of hydrogen-bond donors (Lipinski definition) is 0. The lowest BCUT2D eigenvalue weighted by Crippen LogP contribution is -2.25. The molecule has 0 aliphatic carbocycles. The fraction of sp³-hybridized carbons (Fsp3) is 1.00. The lowest BCUT2D eigenvalue weighted by molar-refractivity contribution is -0.163. The van der Waals surface area contributed by atoms with Gasteiger partial charge in [-0.2, -0.15) is 0 Å². The molecule has 0 aromatic carbocycles. The van der Waals surface area contributed by atoms with Gasteiger partial charge >= 0.3 is 0 Å². The zero-order chi connectivity index (χ0) is 8.48. The van der Waals surface area contributed by atoms with Gasteiger partial charge in [0, 0.05) is 6.42 Å². The Labute approximate surface area is 68.9 Å². The average Bonchev–Trinajstić information content (AvgIpc) is 2.08. The first-order chi connectivity index (χ1) is 5.07. The highest BCUT2D eigenvalue weighted by Gasteiger charge is 2.38. The first-order valence-electron chi connectivity index (χ1n) is 4.43. The summed E-state index contributed by atoms with van der Waals surface area (Å²) in [5.74, 6) is -0.312. The molecular formula is C9H18O2. The van der Waals surface area contributed by atoms with Crippen LogP contribution in [0, 0.1) is 0 Å². The minimum absolute atomic E-state index is 0.242. The molecule has 0 saturated carbocycles. The summed E-state index contributed by atoms with van der Waals surface area (Å²) in [6.07, 6.45) is 2.58. The van der Waals surface area contributed by atoms with E-state index in [2.05, 4.69) is 20.8 Å². The molecule has 1 heterocycles. The third-order valence-corrected chi connectivity index (χ3v) is 2.24. The second-order valence-electron chi connectivity index (χ2n) is 3.53. The number of hydrogen-bond acceptors (Lipinski definition) is 2. The Morgan fingerprint density at radius 3 is 2.00 bits per heavy atom. The lowest BCUT2D eigenvalue weighted by atomic mass is 10.2. The normalized spacial score (nSPS) is 36.0. The van der Waals surface area contributed by atoms with Crippen LogP contribution in [0.4, 0.5) is 0 Å². The van der Waals surface area contributed by atoms with E-state index in [1.54, 1.807) is 0 Å². The van der Waals surface area contributed by atoms with Crippen molar-refractivity contribution in [1.82, 2.24) is 0 Å². The highest BCUT2D eigenvalue weighted by Crippen LogP contribution is 2.31. The molecule has 0 N–H and O–H groups in total. The Morgan fingerprint density at radius 1 is 1.18 bits per heavy atom. The molecule has 2 atom stereocenters. The van der Waals surface area contributed by atoms with Crippen LogP contribution >= 0.6 is 0 Å². The van der Waals surface area contributed by atoms with Crippen LogP contribution in [0.5, 0.6) is 0 Å². The summed E-state index contributed by atoms with van der Waals surface area (Å²) in [6, 6.07) is 0. The van der Waals surface area contributed by atoms with E-state index in [0.29, 0.717) is 0 Å². The molecule has 0 aromatic rings. The summed E-state index contributed by atoms with van der Waals surface area (Å²) in [6.45, 7) is 8.29. The van der Waals surface area contributed by atoms with Crippen molar-refractivity contribution in [3.05, 3.63) is 0 Å². The van der Waals surface area contributed by atoms with Gasteiger partial charge < -0.3 is 9.47 Å². The average molecular weight is 158 g/mol. The third kappa shape index (κ3) is 1.94. The molecule has 0 spiro atoms. The molecule has 0 unspecified atom stereocenters. The molecule has 0 bridgehead atoms. The van der Waals surface area contributed by atoms with Gasteiger partial charge in [-0.1, -0.05) is 13.3 Å². The second kappa shape index (κ2) is 3.11. The molecule has 66 valence electrons. The summed E-state index contributed by atoms with van der Waals surface area (Å²) in [7, 11) is 0. The highest BCUT2D eigenvalue weighted by molar-refractivity contribution is 4.77. The predicted molar refractivity (Wildman–Crippen MR) is 44.4 cm³/mol. The van der Waals surface area contributed by atoms with Gasteiger partial charge in [0.25, 0.3) is 0 Å². The van der Waals surface area contributed by atoms with E-state index in [1.165, 1.54) is 0 Å². The van der Waals surface area contributed by atoms with E-state index < -0.39 is 0 Å². The molecular weight excluding hydrogens is 140 g/mol. The van der Waals surface area contributed by atoms with Crippen LogP contribution in [0.25, 0.3) is 0 Å². The van der Waals surface area contributed by atoms with Gasteiger partial charge in [-0.25, -0.2) is 0 Å². The van der Waals surface area contributed by atoms with E-state index >= 15 is 0 Å². The van der Waals surface area contributed by atoms with Crippen molar-refractivity contribution >= 4 is 0 Å². The molecule has 1 saturated heterocycles. The van der Waals surface area contributed by atoms with Gasteiger partial charge in [0.05, 0.1) is 12.2 Å². The first kappa shape index (κ1) is 9.01. The molecule has 0 radical (unpaired) electrons. The van der Waals surface area contributed by atoms with Gasteiger partial charge in [-0.15, -0.1) is 0 Å². The summed E-state index contributed by atoms with van der Waals surface area (Å²) in [5.41, 5.74) is 0. The topological polar surface area (TPSA) is 18.5 Å². The molecule has 1 rings (SSSR count). The van der Waals surface area contributed by atoms with Crippen LogP contribution in [0.15, 0.2) is 0 Å². The van der Waals surface area contributed by atoms with Crippen LogP contribution in [0.1, 0.15) is 40.5 Å². The Balaban J connectivity index is 2.49. The van der Waals surface area contributed by atoms with Crippen molar-refractivity contribution in [2.75, 3.05) is 0 Å². The zero-order valence-electron chi connectivity index (χ0n) is 7.89. The first-order valence-corrected chi connectivity index (χ1v) is 4.43. The smallest absolute Gasteiger partial charge is 0.166 e. The molecule has 1 aliphatic heterocycles. The minimum Gasteiger partial charge on any atom is -0.345 e. The van der Waals surface area contributed by atoms with E-state index in [0.717, 1.165) is 12.8 Å². The fourth-order valence-corrected chi connectivity index (χ4v) is 1.58. The van der Waals surface area contributed by atoms with Gasteiger partial charge in [0.15, 0.2) is 5.79 Å². The van der Waals surface area contributed by atoms with Gasteiger partial charge in [-0.05, 0) is 20.8 Å². The molecule has 2 nitrogen and oxygen atoms in total. The molecule has 0 amide bonds. The van der Waals surface area contributed by atoms with Crippen molar-refractivity contribution < 1.29 is 9.47 Å². The highest BCUT2D eigenvalue weighted by atomic mass is 16.7. The number of ether oxygens (including phenoxy) is 2. The van der Waals surface area contributed by atoms with Crippen LogP contribution in [-0.2, 0) is 9.47 Å². The molecule has 2 heteroatoms. The second-order valence-corrected chi connectivity index (χ2v) is 3.53. The van der Waals surface area contributed by atoms with Crippen LogP contribution in [0.3, 0.4) is 0 Å². The zero-order valence-corrected chi connectivity index (χ0v) is 7.89. The summed E-state index contributed by atoms with van der Waals surface area (Å²) in [5, 5.41) is 0. The van der Waals surface area contributed by atoms with Crippen molar-refractivity contribution in [2.24, 2.45) is 0 Å². The summed E-state index contributed by atoms with van der Waals surface area (Å²) in [4.78, 5) is 0. The van der Waals surface area contributed by atoms with Crippen LogP contribution in [-0.4, -0.2) is 18.0 Å². The van der Waals surface area contributed by atoms with E-state index in [9.17, 15) is 0 Å². The summed E-state index contributed by atoms with van der Waals surface area (Å²) >= 11 is 0. The lowest BCUT2D eigenvalue weighted by Gasteiger charge is -2.22. The quantitative estimate of drug-likeness (QED) is 0.614. The van der Waals surface area contributed by atoms with Crippen molar-refractivity contribution in [1.29, 1.82) is 0 Å². The van der Waals surface area contributed by atoms with E-state index in [4.69, 9.17) is 9.47 Å². The molecule has 1 aliphatic rings.